The second-order valence-electron chi connectivity index (χ2n) is 2.56. The van der Waals surface area contributed by atoms with Gasteiger partial charge in [0.15, 0.2) is 5.51 Å². The highest BCUT2D eigenvalue weighted by Crippen LogP contribution is 2.19. The molecule has 4 heteroatoms. The van der Waals surface area contributed by atoms with Gasteiger partial charge in [-0.3, -0.25) is 4.79 Å². The first-order valence-electron chi connectivity index (χ1n) is 3.49. The number of carbonyl (C=O) groups excluding carboxylic acids is 1. The number of amides is 1. The molecule has 57 valence electrons. The Labute approximate surface area is 68.5 Å². The van der Waals surface area contributed by atoms with Crippen molar-refractivity contribution in [1.29, 1.82) is 0 Å². The van der Waals surface area contributed by atoms with Crippen LogP contribution in [0.4, 0.5) is 0 Å². The van der Waals surface area contributed by atoms with Gasteiger partial charge in [0.2, 0.25) is 0 Å². The number of thiazole rings is 1. The van der Waals surface area contributed by atoms with Crippen LogP contribution in [0.25, 0.3) is 0 Å². The maximum atomic E-state index is 11.2. The zero-order chi connectivity index (χ0) is 7.68. The highest BCUT2D eigenvalue weighted by molar-refractivity contribution is 7.11. The molecule has 1 saturated carbocycles. The monoisotopic (exact) mass is 167 g/mol. The quantitative estimate of drug-likeness (QED) is 0.709. The van der Waals surface area contributed by atoms with E-state index in [4.69, 9.17) is 0 Å². The lowest BCUT2D eigenvalue weighted by atomic mass is 10.5. The first-order valence-corrected chi connectivity index (χ1v) is 4.30. The molecule has 1 heterocycles. The zero-order valence-corrected chi connectivity index (χ0v) is 6.65. The largest absolute Gasteiger partial charge is 0.349 e. The summed E-state index contributed by atoms with van der Waals surface area (Å²) in [6.07, 6.45) is 3.78. The van der Waals surface area contributed by atoms with Crippen molar-refractivity contribution < 1.29 is 4.79 Å². The molecule has 2 rings (SSSR count). The summed E-state index contributed by atoms with van der Waals surface area (Å²) in [5.41, 5.74) is 2.64. The number of aromatic nitrogens is 1. The average molecular weight is 167 g/mol. The van der Waals surface area contributed by atoms with Crippen LogP contribution in [-0.2, 0) is 0 Å². The SMILES string of the molecule is O=C(NC1CC1)c1cn[c]s1. The second-order valence-corrected chi connectivity index (χ2v) is 3.39. The van der Waals surface area contributed by atoms with Crippen molar-refractivity contribution in [3.8, 4) is 0 Å². The molecule has 1 aromatic heterocycles. The van der Waals surface area contributed by atoms with Crippen LogP contribution < -0.4 is 5.32 Å². The lowest BCUT2D eigenvalue weighted by molar-refractivity contribution is 0.0955. The van der Waals surface area contributed by atoms with Crippen molar-refractivity contribution in [3.05, 3.63) is 16.6 Å². The van der Waals surface area contributed by atoms with Gasteiger partial charge >= 0.3 is 0 Å². The van der Waals surface area contributed by atoms with E-state index in [-0.39, 0.29) is 5.91 Å². The van der Waals surface area contributed by atoms with Gasteiger partial charge in [-0.15, -0.1) is 11.3 Å². The number of rotatable bonds is 2. The summed E-state index contributed by atoms with van der Waals surface area (Å²) in [5, 5.41) is 2.87. The van der Waals surface area contributed by atoms with Crippen LogP contribution in [0.15, 0.2) is 6.20 Å². The number of hydrogen-bond acceptors (Lipinski definition) is 3. The molecular formula is C7H7N2OS. The Hall–Kier alpha value is -0.900. The second kappa shape index (κ2) is 2.62. The van der Waals surface area contributed by atoms with E-state index in [1.54, 1.807) is 6.20 Å². The van der Waals surface area contributed by atoms with Gasteiger partial charge in [-0.1, -0.05) is 0 Å². The zero-order valence-electron chi connectivity index (χ0n) is 5.83. The van der Waals surface area contributed by atoms with Crippen LogP contribution in [-0.4, -0.2) is 16.9 Å². The highest BCUT2D eigenvalue weighted by Gasteiger charge is 2.24. The normalized spacial score (nSPS) is 16.4. The topological polar surface area (TPSA) is 42.0 Å². The molecule has 1 aliphatic rings. The fourth-order valence-electron chi connectivity index (χ4n) is 0.776. The predicted molar refractivity (Wildman–Crippen MR) is 41.4 cm³/mol. The van der Waals surface area contributed by atoms with Gasteiger partial charge in [0, 0.05) is 6.04 Å². The Morgan fingerprint density at radius 1 is 1.82 bits per heavy atom. The number of carbonyl (C=O) groups is 1. The van der Waals surface area contributed by atoms with E-state index in [9.17, 15) is 4.79 Å². The molecule has 1 radical (unpaired) electrons. The van der Waals surface area contributed by atoms with E-state index in [0.29, 0.717) is 10.9 Å². The molecule has 0 unspecified atom stereocenters. The summed E-state index contributed by atoms with van der Waals surface area (Å²) in [6, 6.07) is 0.421. The molecule has 1 aromatic rings. The van der Waals surface area contributed by atoms with Crippen molar-refractivity contribution in [1.82, 2.24) is 10.3 Å². The Morgan fingerprint density at radius 2 is 2.64 bits per heavy atom. The number of nitrogens with zero attached hydrogens (tertiary/aromatic N) is 1. The molecule has 11 heavy (non-hydrogen) atoms. The van der Waals surface area contributed by atoms with Crippen LogP contribution in [0.3, 0.4) is 0 Å². The van der Waals surface area contributed by atoms with E-state index >= 15 is 0 Å². The summed E-state index contributed by atoms with van der Waals surface area (Å²) < 4.78 is 0. The maximum Gasteiger partial charge on any atom is 0.263 e. The molecule has 1 N–H and O–H groups in total. The van der Waals surface area contributed by atoms with Crippen molar-refractivity contribution >= 4 is 17.2 Å². The maximum absolute atomic E-state index is 11.2. The van der Waals surface area contributed by atoms with E-state index in [0.717, 1.165) is 12.8 Å². The van der Waals surface area contributed by atoms with Crippen molar-refractivity contribution in [2.75, 3.05) is 0 Å². The minimum Gasteiger partial charge on any atom is -0.349 e. The van der Waals surface area contributed by atoms with Crippen LogP contribution in [0.1, 0.15) is 22.5 Å². The molecule has 0 atom stereocenters. The van der Waals surface area contributed by atoms with Gasteiger partial charge in [-0.2, -0.15) is 0 Å². The minimum atomic E-state index is -0.00810. The third-order valence-corrected chi connectivity index (χ3v) is 2.23. The van der Waals surface area contributed by atoms with Crippen molar-refractivity contribution in [2.45, 2.75) is 18.9 Å². The third kappa shape index (κ3) is 1.57. The fourth-order valence-corrected chi connectivity index (χ4v) is 1.24. The molecule has 1 fully saturated rings. The molecule has 0 spiro atoms. The molecule has 0 bridgehead atoms. The van der Waals surface area contributed by atoms with Gasteiger partial charge in [0.1, 0.15) is 4.88 Å². The van der Waals surface area contributed by atoms with E-state index in [1.165, 1.54) is 11.3 Å². The molecule has 1 amide bonds. The molecule has 0 aromatic carbocycles. The first-order chi connectivity index (χ1) is 5.36. The summed E-state index contributed by atoms with van der Waals surface area (Å²) in [4.78, 5) is 15.5. The molecular weight excluding hydrogens is 160 g/mol. The minimum absolute atomic E-state index is 0.00810. The lowest BCUT2D eigenvalue weighted by Gasteiger charge is -1.97. The summed E-state index contributed by atoms with van der Waals surface area (Å²) in [5.74, 6) is -0.00810. The fraction of sp³-hybridized carbons (Fsp3) is 0.429. The Kier molecular flexibility index (Phi) is 1.62. The summed E-state index contributed by atoms with van der Waals surface area (Å²) in [7, 11) is 0. The Balaban J connectivity index is 1.99. The summed E-state index contributed by atoms with van der Waals surface area (Å²) in [6.45, 7) is 0. The van der Waals surface area contributed by atoms with Crippen LogP contribution >= 0.6 is 11.3 Å². The van der Waals surface area contributed by atoms with E-state index in [1.807, 2.05) is 0 Å². The van der Waals surface area contributed by atoms with Crippen LogP contribution in [0.2, 0.25) is 0 Å². The molecule has 0 saturated heterocycles. The lowest BCUT2D eigenvalue weighted by Crippen LogP contribution is -2.24. The summed E-state index contributed by atoms with van der Waals surface area (Å²) >= 11 is 1.25. The molecule has 1 aliphatic carbocycles. The average Bonchev–Trinajstić information content (AvgIpc) is 2.67. The van der Waals surface area contributed by atoms with Crippen molar-refractivity contribution in [2.24, 2.45) is 0 Å². The van der Waals surface area contributed by atoms with E-state index < -0.39 is 0 Å². The van der Waals surface area contributed by atoms with Gasteiger partial charge in [0.25, 0.3) is 5.91 Å². The first kappa shape index (κ1) is 6.79. The smallest absolute Gasteiger partial charge is 0.263 e. The number of nitrogens with one attached hydrogen (secondary N) is 1. The Bertz CT molecular complexity index is 253. The van der Waals surface area contributed by atoms with Gasteiger partial charge < -0.3 is 5.32 Å². The standard InChI is InChI=1S/C7H7N2OS/c10-7(9-5-1-2-5)6-3-8-4-11-6/h3,5H,1-2H2,(H,9,10). The highest BCUT2D eigenvalue weighted by atomic mass is 32.1. The van der Waals surface area contributed by atoms with Crippen LogP contribution in [0, 0.1) is 5.51 Å². The molecule has 3 nitrogen and oxygen atoms in total. The van der Waals surface area contributed by atoms with Crippen molar-refractivity contribution in [3.63, 3.8) is 0 Å². The van der Waals surface area contributed by atoms with E-state index in [2.05, 4.69) is 15.8 Å². The number of hydrogen-bond donors (Lipinski definition) is 1. The third-order valence-electron chi connectivity index (χ3n) is 1.53. The Morgan fingerprint density at radius 3 is 3.18 bits per heavy atom. The van der Waals surface area contributed by atoms with Gasteiger partial charge in [0.05, 0.1) is 6.20 Å². The van der Waals surface area contributed by atoms with Crippen LogP contribution in [0.5, 0.6) is 0 Å². The molecule has 0 aliphatic heterocycles. The van der Waals surface area contributed by atoms with Gasteiger partial charge in [-0.25, -0.2) is 4.98 Å². The van der Waals surface area contributed by atoms with Gasteiger partial charge in [-0.05, 0) is 12.8 Å². The predicted octanol–water partition coefficient (Wildman–Crippen LogP) is 0.835.